The SMILES string of the molecule is CCc1ccc(NC(=O)CN2C(=O)S/C(=C/c3cc(Br)c(OCc4ccc(F)cc4)c(OC)c3)C2=O)cc1. The van der Waals surface area contributed by atoms with E-state index in [4.69, 9.17) is 9.47 Å². The van der Waals surface area contributed by atoms with Crippen molar-refractivity contribution >= 4 is 56.5 Å². The van der Waals surface area contributed by atoms with E-state index in [1.807, 2.05) is 19.1 Å². The van der Waals surface area contributed by atoms with Gasteiger partial charge in [-0.25, -0.2) is 4.39 Å². The zero-order chi connectivity index (χ0) is 27.2. The molecule has 0 atom stereocenters. The van der Waals surface area contributed by atoms with Crippen molar-refractivity contribution in [1.29, 1.82) is 0 Å². The van der Waals surface area contributed by atoms with Gasteiger partial charge in [0, 0.05) is 5.69 Å². The molecule has 10 heteroatoms. The molecule has 4 rings (SSSR count). The van der Waals surface area contributed by atoms with Gasteiger partial charge in [-0.3, -0.25) is 19.3 Å². The lowest BCUT2D eigenvalue weighted by atomic mass is 10.1. The summed E-state index contributed by atoms with van der Waals surface area (Å²) in [6.07, 6.45) is 2.44. The van der Waals surface area contributed by atoms with Gasteiger partial charge in [0.1, 0.15) is 19.0 Å². The van der Waals surface area contributed by atoms with Crippen LogP contribution in [0.25, 0.3) is 6.08 Å². The maximum absolute atomic E-state index is 13.2. The third-order valence-electron chi connectivity index (χ3n) is 5.67. The first-order chi connectivity index (χ1) is 18.3. The Balaban J connectivity index is 1.44. The lowest BCUT2D eigenvalue weighted by Gasteiger charge is -2.14. The number of hydrogen-bond donors (Lipinski definition) is 1. The number of ether oxygens (including phenoxy) is 2. The van der Waals surface area contributed by atoms with Crippen LogP contribution < -0.4 is 14.8 Å². The van der Waals surface area contributed by atoms with Gasteiger partial charge in [0.15, 0.2) is 11.5 Å². The number of carbonyl (C=O) groups is 3. The minimum Gasteiger partial charge on any atom is -0.493 e. The number of imide groups is 1. The van der Waals surface area contributed by atoms with Crippen molar-refractivity contribution in [3.8, 4) is 11.5 Å². The van der Waals surface area contributed by atoms with Crippen LogP contribution in [0.4, 0.5) is 14.9 Å². The first kappa shape index (κ1) is 27.4. The summed E-state index contributed by atoms with van der Waals surface area (Å²) in [5.74, 6) is -0.511. The second-order valence-corrected chi connectivity index (χ2v) is 10.2. The van der Waals surface area contributed by atoms with Crippen molar-refractivity contribution in [2.75, 3.05) is 19.0 Å². The van der Waals surface area contributed by atoms with Gasteiger partial charge in [-0.15, -0.1) is 0 Å². The quantitative estimate of drug-likeness (QED) is 0.286. The molecule has 0 saturated carbocycles. The molecule has 0 aromatic heterocycles. The van der Waals surface area contributed by atoms with E-state index in [1.54, 1.807) is 42.5 Å². The molecule has 1 aliphatic rings. The van der Waals surface area contributed by atoms with Crippen LogP contribution in [0.3, 0.4) is 0 Å². The topological polar surface area (TPSA) is 84.9 Å². The molecule has 38 heavy (non-hydrogen) atoms. The molecule has 7 nitrogen and oxygen atoms in total. The van der Waals surface area contributed by atoms with E-state index in [-0.39, 0.29) is 23.9 Å². The van der Waals surface area contributed by atoms with Gasteiger partial charge in [0.2, 0.25) is 5.91 Å². The summed E-state index contributed by atoms with van der Waals surface area (Å²) in [5.41, 5.74) is 3.09. The number of rotatable bonds is 9. The number of methoxy groups -OCH3 is 1. The molecule has 0 spiro atoms. The Hall–Kier alpha value is -3.63. The summed E-state index contributed by atoms with van der Waals surface area (Å²) in [5, 5.41) is 2.19. The predicted octanol–water partition coefficient (Wildman–Crippen LogP) is 6.41. The number of hydrogen-bond acceptors (Lipinski definition) is 6. The van der Waals surface area contributed by atoms with E-state index in [0.717, 1.165) is 34.2 Å². The van der Waals surface area contributed by atoms with Crippen LogP contribution in [-0.2, 0) is 22.6 Å². The van der Waals surface area contributed by atoms with Crippen LogP contribution >= 0.6 is 27.7 Å². The molecule has 1 saturated heterocycles. The predicted molar refractivity (Wildman–Crippen MR) is 149 cm³/mol. The summed E-state index contributed by atoms with van der Waals surface area (Å²) < 4.78 is 25.1. The fourth-order valence-corrected chi connectivity index (χ4v) is 5.07. The van der Waals surface area contributed by atoms with Crippen LogP contribution in [0.15, 0.2) is 70.0 Å². The van der Waals surface area contributed by atoms with Gasteiger partial charge in [-0.1, -0.05) is 31.2 Å². The summed E-state index contributed by atoms with van der Waals surface area (Å²) in [4.78, 5) is 39.0. The second kappa shape index (κ2) is 12.3. The molecule has 3 aromatic rings. The van der Waals surface area contributed by atoms with E-state index >= 15 is 0 Å². The maximum Gasteiger partial charge on any atom is 0.294 e. The average Bonchev–Trinajstić information content (AvgIpc) is 3.16. The monoisotopic (exact) mass is 598 g/mol. The van der Waals surface area contributed by atoms with Crippen molar-refractivity contribution < 1.29 is 28.2 Å². The van der Waals surface area contributed by atoms with Gasteiger partial charge in [0.05, 0.1) is 16.5 Å². The van der Waals surface area contributed by atoms with Crippen molar-refractivity contribution in [1.82, 2.24) is 4.90 Å². The second-order valence-electron chi connectivity index (χ2n) is 8.32. The van der Waals surface area contributed by atoms with Crippen molar-refractivity contribution in [2.45, 2.75) is 20.0 Å². The minimum absolute atomic E-state index is 0.184. The Morgan fingerprint density at radius 2 is 1.76 bits per heavy atom. The summed E-state index contributed by atoms with van der Waals surface area (Å²) >= 11 is 4.23. The number of nitrogens with one attached hydrogen (secondary N) is 1. The molecule has 196 valence electrons. The molecule has 1 heterocycles. The number of aryl methyl sites for hydroxylation is 1. The Morgan fingerprint density at radius 1 is 1.08 bits per heavy atom. The van der Waals surface area contributed by atoms with E-state index in [1.165, 1.54) is 19.2 Å². The van der Waals surface area contributed by atoms with E-state index in [0.29, 0.717) is 27.2 Å². The average molecular weight is 599 g/mol. The molecule has 1 aliphatic heterocycles. The van der Waals surface area contributed by atoms with Gasteiger partial charge < -0.3 is 14.8 Å². The first-order valence-corrected chi connectivity index (χ1v) is 13.3. The Kier molecular flexibility index (Phi) is 8.85. The van der Waals surface area contributed by atoms with Gasteiger partial charge >= 0.3 is 0 Å². The van der Waals surface area contributed by atoms with E-state index in [2.05, 4.69) is 21.2 Å². The highest BCUT2D eigenvalue weighted by molar-refractivity contribution is 9.10. The molecule has 3 amide bonds. The minimum atomic E-state index is -0.553. The molecule has 3 aromatic carbocycles. The Labute approximate surface area is 232 Å². The molecule has 0 bridgehead atoms. The number of amides is 3. The summed E-state index contributed by atoms with van der Waals surface area (Å²) in [7, 11) is 1.48. The number of nitrogens with zero attached hydrogens (tertiary/aromatic N) is 1. The lowest BCUT2D eigenvalue weighted by Crippen LogP contribution is -2.36. The molecule has 0 unspecified atom stereocenters. The standard InChI is InChI=1S/C28H24BrFN2O5S/c1-3-17-6-10-21(11-7-17)31-25(33)15-32-27(34)24(38-28(32)35)14-19-12-22(29)26(23(13-19)36-2)37-16-18-4-8-20(30)9-5-18/h4-14H,3,15-16H2,1-2H3,(H,31,33)/b24-14+. The molecule has 1 fully saturated rings. The highest BCUT2D eigenvalue weighted by Gasteiger charge is 2.36. The van der Waals surface area contributed by atoms with Crippen molar-refractivity contribution in [2.24, 2.45) is 0 Å². The van der Waals surface area contributed by atoms with Crippen LogP contribution in [0.2, 0.25) is 0 Å². The number of carbonyl (C=O) groups excluding carboxylic acids is 3. The maximum atomic E-state index is 13.2. The van der Waals surface area contributed by atoms with Gasteiger partial charge in [-0.05, 0) is 93.3 Å². The van der Waals surface area contributed by atoms with Crippen LogP contribution in [-0.4, -0.2) is 35.6 Å². The van der Waals surface area contributed by atoms with Crippen molar-refractivity contribution in [3.05, 3.63) is 92.5 Å². The van der Waals surface area contributed by atoms with Crippen LogP contribution in [0.1, 0.15) is 23.6 Å². The lowest BCUT2D eigenvalue weighted by molar-refractivity contribution is -0.127. The van der Waals surface area contributed by atoms with Crippen molar-refractivity contribution in [3.63, 3.8) is 0 Å². The highest BCUT2D eigenvalue weighted by Crippen LogP contribution is 2.39. The van der Waals surface area contributed by atoms with Crippen LogP contribution in [0.5, 0.6) is 11.5 Å². The Morgan fingerprint density at radius 3 is 2.42 bits per heavy atom. The Bertz CT molecular complexity index is 1390. The highest BCUT2D eigenvalue weighted by atomic mass is 79.9. The van der Waals surface area contributed by atoms with Gasteiger partial charge in [-0.2, -0.15) is 0 Å². The van der Waals surface area contributed by atoms with E-state index < -0.39 is 17.1 Å². The van der Waals surface area contributed by atoms with Crippen LogP contribution in [0, 0.1) is 5.82 Å². The normalized spacial score (nSPS) is 14.2. The number of benzene rings is 3. The number of thioether (sulfide) groups is 1. The third kappa shape index (κ3) is 6.62. The van der Waals surface area contributed by atoms with Gasteiger partial charge in [0.25, 0.3) is 11.1 Å². The van der Waals surface area contributed by atoms with E-state index in [9.17, 15) is 18.8 Å². The third-order valence-corrected chi connectivity index (χ3v) is 7.16. The molecule has 0 aliphatic carbocycles. The molecule has 1 N–H and O–H groups in total. The number of halogens is 2. The summed E-state index contributed by atoms with van der Waals surface area (Å²) in [6.45, 7) is 1.84. The molecule has 0 radical (unpaired) electrons. The largest absolute Gasteiger partial charge is 0.493 e. The molecular formula is C28H24BrFN2O5S. The number of anilines is 1. The zero-order valence-electron chi connectivity index (χ0n) is 20.6. The zero-order valence-corrected chi connectivity index (χ0v) is 23.0. The first-order valence-electron chi connectivity index (χ1n) is 11.7. The molecular weight excluding hydrogens is 575 g/mol. The fourth-order valence-electron chi connectivity index (χ4n) is 3.65. The summed E-state index contributed by atoms with van der Waals surface area (Å²) in [6, 6.07) is 16.7. The fraction of sp³-hybridized carbons (Fsp3) is 0.179. The smallest absolute Gasteiger partial charge is 0.294 e.